The molecule has 3 aromatic rings. The highest BCUT2D eigenvalue weighted by atomic mass is 32.2. The van der Waals surface area contributed by atoms with Crippen molar-refractivity contribution in [3.05, 3.63) is 77.4 Å². The van der Waals surface area contributed by atoms with Gasteiger partial charge in [0.25, 0.3) is 5.91 Å². The van der Waals surface area contributed by atoms with Crippen LogP contribution in [0.3, 0.4) is 0 Å². The molecule has 4 rings (SSSR count). The number of sulfonamides is 1. The van der Waals surface area contributed by atoms with Crippen LogP contribution in [0, 0.1) is 19.7 Å². The Morgan fingerprint density at radius 2 is 1.67 bits per heavy atom. The minimum absolute atomic E-state index is 0.00425. The van der Waals surface area contributed by atoms with E-state index in [1.54, 1.807) is 12.1 Å². The van der Waals surface area contributed by atoms with E-state index in [4.69, 9.17) is 0 Å². The Labute approximate surface area is 175 Å². The van der Waals surface area contributed by atoms with E-state index in [1.807, 2.05) is 38.1 Å². The summed E-state index contributed by atoms with van der Waals surface area (Å²) in [5, 5.41) is 2.72. The highest BCUT2D eigenvalue weighted by Gasteiger charge is 2.30. The van der Waals surface area contributed by atoms with Crippen LogP contribution in [0.5, 0.6) is 0 Å². The van der Waals surface area contributed by atoms with Crippen molar-refractivity contribution in [2.75, 3.05) is 21.9 Å². The molecule has 1 aliphatic heterocycles. The van der Waals surface area contributed by atoms with Crippen LogP contribution in [-0.2, 0) is 10.0 Å². The van der Waals surface area contributed by atoms with E-state index in [0.717, 1.165) is 21.4 Å². The van der Waals surface area contributed by atoms with Gasteiger partial charge in [0, 0.05) is 34.9 Å². The number of nitrogens with zero attached hydrogens (tertiary/aromatic N) is 2. The fourth-order valence-electron chi connectivity index (χ4n) is 3.73. The lowest BCUT2D eigenvalue weighted by Gasteiger charge is -2.18. The van der Waals surface area contributed by atoms with Gasteiger partial charge >= 0.3 is 0 Å². The zero-order valence-electron chi connectivity index (χ0n) is 16.7. The van der Waals surface area contributed by atoms with E-state index in [-0.39, 0.29) is 23.9 Å². The van der Waals surface area contributed by atoms with Gasteiger partial charge in [-0.05, 0) is 74.9 Å². The number of carbonyl (C=O) groups excluding carboxylic acids is 1. The number of hydrogen-bond acceptors (Lipinski definition) is 3. The van der Waals surface area contributed by atoms with Crippen molar-refractivity contribution in [3.63, 3.8) is 0 Å². The summed E-state index contributed by atoms with van der Waals surface area (Å²) in [7, 11) is -3.52. The third-order valence-corrected chi connectivity index (χ3v) is 7.09. The molecule has 0 radical (unpaired) electrons. The predicted octanol–water partition coefficient (Wildman–Crippen LogP) is 4.03. The Balaban J connectivity index is 1.55. The standard InChI is InChI=1S/C22H22FN3O3S/c1-15-4-5-16(2)26(15)19-9-6-17(7-10-19)22(27)24-18-8-11-20(23)21(14-18)25-12-3-13-30(25,28)29/h4-11,14H,3,12-13H2,1-2H3,(H,24,27). The number of carbonyl (C=O) groups is 1. The molecule has 1 aromatic heterocycles. The van der Waals surface area contributed by atoms with Gasteiger partial charge in [0.15, 0.2) is 0 Å². The molecule has 0 spiro atoms. The Morgan fingerprint density at radius 1 is 1.00 bits per heavy atom. The summed E-state index contributed by atoms with van der Waals surface area (Å²) < 4.78 is 41.6. The van der Waals surface area contributed by atoms with Crippen molar-refractivity contribution in [3.8, 4) is 5.69 Å². The van der Waals surface area contributed by atoms with E-state index in [9.17, 15) is 17.6 Å². The van der Waals surface area contributed by atoms with Gasteiger partial charge in [-0.15, -0.1) is 0 Å². The second-order valence-electron chi connectivity index (χ2n) is 7.36. The number of benzene rings is 2. The van der Waals surface area contributed by atoms with Crippen molar-refractivity contribution in [1.29, 1.82) is 0 Å². The molecule has 0 aliphatic carbocycles. The molecule has 0 atom stereocenters. The minimum Gasteiger partial charge on any atom is -0.322 e. The summed E-state index contributed by atoms with van der Waals surface area (Å²) in [6, 6.07) is 15.2. The molecular formula is C22H22FN3O3S. The molecule has 1 saturated heterocycles. The fraction of sp³-hybridized carbons (Fsp3) is 0.227. The second kappa shape index (κ2) is 7.60. The van der Waals surface area contributed by atoms with E-state index in [0.29, 0.717) is 17.7 Å². The van der Waals surface area contributed by atoms with Crippen molar-refractivity contribution >= 4 is 27.3 Å². The molecule has 0 bridgehead atoms. The maximum absolute atomic E-state index is 14.2. The van der Waals surface area contributed by atoms with Crippen molar-refractivity contribution in [1.82, 2.24) is 4.57 Å². The highest BCUT2D eigenvalue weighted by Crippen LogP contribution is 2.29. The van der Waals surface area contributed by atoms with Gasteiger partial charge in [-0.1, -0.05) is 0 Å². The average Bonchev–Trinajstić information content (AvgIpc) is 3.24. The number of nitrogens with one attached hydrogen (secondary N) is 1. The molecule has 2 heterocycles. The van der Waals surface area contributed by atoms with Crippen LogP contribution in [0.4, 0.5) is 15.8 Å². The maximum atomic E-state index is 14.2. The first kappa shape index (κ1) is 20.2. The van der Waals surface area contributed by atoms with Crippen molar-refractivity contribution in [2.45, 2.75) is 20.3 Å². The third-order valence-electron chi connectivity index (χ3n) is 5.23. The molecule has 30 heavy (non-hydrogen) atoms. The van der Waals surface area contributed by atoms with Crippen molar-refractivity contribution < 1.29 is 17.6 Å². The van der Waals surface area contributed by atoms with E-state index in [2.05, 4.69) is 9.88 Å². The van der Waals surface area contributed by atoms with Crippen LogP contribution in [0.15, 0.2) is 54.6 Å². The predicted molar refractivity (Wildman–Crippen MR) is 115 cm³/mol. The SMILES string of the molecule is Cc1ccc(C)n1-c1ccc(C(=O)Nc2ccc(F)c(N3CCCS3(=O)=O)c2)cc1. The lowest BCUT2D eigenvalue weighted by Crippen LogP contribution is -2.26. The van der Waals surface area contributed by atoms with Gasteiger partial charge in [-0.3, -0.25) is 9.10 Å². The van der Waals surface area contributed by atoms with Gasteiger partial charge in [0.2, 0.25) is 10.0 Å². The molecule has 6 nitrogen and oxygen atoms in total. The van der Waals surface area contributed by atoms with Crippen LogP contribution in [-0.4, -0.2) is 31.2 Å². The molecule has 1 N–H and O–H groups in total. The van der Waals surface area contributed by atoms with Crippen molar-refractivity contribution in [2.24, 2.45) is 0 Å². The number of amides is 1. The molecule has 2 aromatic carbocycles. The third kappa shape index (κ3) is 3.70. The molecule has 1 fully saturated rings. The number of halogens is 1. The Kier molecular flexibility index (Phi) is 5.11. The van der Waals surface area contributed by atoms with E-state index >= 15 is 0 Å². The quantitative estimate of drug-likeness (QED) is 0.684. The molecule has 1 amide bonds. The number of hydrogen-bond donors (Lipinski definition) is 1. The zero-order chi connectivity index (χ0) is 21.5. The van der Waals surface area contributed by atoms with Gasteiger partial charge in [-0.2, -0.15) is 0 Å². The van der Waals surface area contributed by atoms with Crippen LogP contribution in [0.25, 0.3) is 5.69 Å². The summed E-state index contributed by atoms with van der Waals surface area (Å²) >= 11 is 0. The summed E-state index contributed by atoms with van der Waals surface area (Å²) in [6.07, 6.45) is 0.449. The summed E-state index contributed by atoms with van der Waals surface area (Å²) in [4.78, 5) is 12.6. The number of aromatic nitrogens is 1. The average molecular weight is 428 g/mol. The largest absolute Gasteiger partial charge is 0.322 e. The van der Waals surface area contributed by atoms with Gasteiger partial charge < -0.3 is 9.88 Å². The monoisotopic (exact) mass is 427 g/mol. The lowest BCUT2D eigenvalue weighted by atomic mass is 10.1. The molecule has 1 aliphatic rings. The zero-order valence-corrected chi connectivity index (χ0v) is 17.5. The Hall–Kier alpha value is -3.13. The number of rotatable bonds is 4. The van der Waals surface area contributed by atoms with Gasteiger partial charge in [-0.25, -0.2) is 12.8 Å². The summed E-state index contributed by atoms with van der Waals surface area (Å²) in [5.41, 5.74) is 3.88. The van der Waals surface area contributed by atoms with Crippen LogP contribution < -0.4 is 9.62 Å². The molecule has 8 heteroatoms. The molecule has 156 valence electrons. The normalized spacial score (nSPS) is 15.4. The minimum atomic E-state index is -3.52. The molecule has 0 saturated carbocycles. The number of anilines is 2. The maximum Gasteiger partial charge on any atom is 0.255 e. The highest BCUT2D eigenvalue weighted by molar-refractivity contribution is 7.93. The Bertz CT molecular complexity index is 1200. The van der Waals surface area contributed by atoms with E-state index in [1.165, 1.54) is 18.2 Å². The first-order valence-electron chi connectivity index (χ1n) is 9.63. The second-order valence-corrected chi connectivity index (χ2v) is 9.37. The van der Waals surface area contributed by atoms with Crippen LogP contribution >= 0.6 is 0 Å². The van der Waals surface area contributed by atoms with Gasteiger partial charge in [0.1, 0.15) is 5.82 Å². The number of aryl methyl sites for hydroxylation is 2. The fourth-order valence-corrected chi connectivity index (χ4v) is 5.29. The summed E-state index contributed by atoms with van der Waals surface area (Å²) in [6.45, 7) is 4.26. The first-order valence-corrected chi connectivity index (χ1v) is 11.2. The van der Waals surface area contributed by atoms with Crippen LogP contribution in [0.1, 0.15) is 28.2 Å². The molecular weight excluding hydrogens is 405 g/mol. The van der Waals surface area contributed by atoms with E-state index < -0.39 is 15.8 Å². The Morgan fingerprint density at radius 3 is 2.27 bits per heavy atom. The van der Waals surface area contributed by atoms with Crippen LogP contribution in [0.2, 0.25) is 0 Å². The van der Waals surface area contributed by atoms with Gasteiger partial charge in [0.05, 0.1) is 11.4 Å². The summed E-state index contributed by atoms with van der Waals surface area (Å²) in [5.74, 6) is -1.000. The smallest absolute Gasteiger partial charge is 0.255 e. The first-order chi connectivity index (χ1) is 14.3. The lowest BCUT2D eigenvalue weighted by molar-refractivity contribution is 0.102. The molecule has 0 unspecified atom stereocenters. The topological polar surface area (TPSA) is 71.4 Å².